The Labute approximate surface area is 162 Å². The van der Waals surface area contributed by atoms with Gasteiger partial charge in [-0.1, -0.05) is 29.4 Å². The van der Waals surface area contributed by atoms with E-state index in [1.54, 1.807) is 11.8 Å². The Morgan fingerprint density at radius 3 is 2.75 bits per heavy atom. The van der Waals surface area contributed by atoms with Crippen molar-refractivity contribution in [2.75, 3.05) is 16.8 Å². The molecule has 1 saturated heterocycles. The zero-order valence-electron chi connectivity index (χ0n) is 15.7. The van der Waals surface area contributed by atoms with Crippen molar-refractivity contribution in [3.8, 4) is 11.4 Å². The summed E-state index contributed by atoms with van der Waals surface area (Å²) in [6.45, 7) is 4.03. The van der Waals surface area contributed by atoms with E-state index in [1.165, 1.54) is 0 Å². The van der Waals surface area contributed by atoms with Crippen LogP contribution in [-0.2, 0) is 9.59 Å². The Morgan fingerprint density at radius 2 is 2.00 bits per heavy atom. The molecule has 1 atom stereocenters. The predicted octanol–water partition coefficient (Wildman–Crippen LogP) is 3.35. The summed E-state index contributed by atoms with van der Waals surface area (Å²) in [5, 5.41) is 6.82. The Bertz CT molecular complexity index is 1040. The van der Waals surface area contributed by atoms with Gasteiger partial charge >= 0.3 is 0 Å². The molecule has 142 valence electrons. The van der Waals surface area contributed by atoms with Crippen LogP contribution in [0.25, 0.3) is 11.4 Å². The lowest BCUT2D eigenvalue weighted by atomic mass is 10.1. The monoisotopic (exact) mass is 376 g/mol. The highest BCUT2D eigenvalue weighted by Crippen LogP contribution is 2.29. The zero-order chi connectivity index (χ0) is 19.7. The van der Waals surface area contributed by atoms with Gasteiger partial charge in [-0.15, -0.1) is 0 Å². The highest BCUT2D eigenvalue weighted by molar-refractivity contribution is 6.03. The lowest BCUT2D eigenvalue weighted by Crippen LogP contribution is -2.28. The molecule has 0 saturated carbocycles. The zero-order valence-corrected chi connectivity index (χ0v) is 15.7. The van der Waals surface area contributed by atoms with Crippen LogP contribution >= 0.6 is 0 Å². The van der Waals surface area contributed by atoms with Gasteiger partial charge in [-0.2, -0.15) is 4.98 Å². The minimum atomic E-state index is -0.399. The number of hydrogen-bond donors (Lipinski definition) is 1. The van der Waals surface area contributed by atoms with E-state index in [0.717, 1.165) is 22.5 Å². The van der Waals surface area contributed by atoms with Crippen LogP contribution in [0.5, 0.6) is 0 Å². The highest BCUT2D eigenvalue weighted by atomic mass is 16.5. The van der Waals surface area contributed by atoms with E-state index >= 15 is 0 Å². The van der Waals surface area contributed by atoms with Crippen molar-refractivity contribution in [2.24, 2.45) is 5.92 Å². The molecule has 0 bridgehead atoms. The molecule has 2 heterocycles. The average Bonchev–Trinajstić information content (AvgIpc) is 3.28. The first-order valence-electron chi connectivity index (χ1n) is 9.08. The van der Waals surface area contributed by atoms with Crippen molar-refractivity contribution in [1.82, 2.24) is 10.1 Å². The molecule has 0 spiro atoms. The van der Waals surface area contributed by atoms with Crippen molar-refractivity contribution in [1.29, 1.82) is 0 Å². The molecule has 28 heavy (non-hydrogen) atoms. The second kappa shape index (κ2) is 7.26. The molecule has 2 amide bonds. The molecule has 4 rings (SSSR count). The summed E-state index contributed by atoms with van der Waals surface area (Å²) in [7, 11) is 0. The number of aromatic nitrogens is 2. The van der Waals surface area contributed by atoms with Crippen LogP contribution in [-0.4, -0.2) is 28.5 Å². The van der Waals surface area contributed by atoms with Gasteiger partial charge in [-0.25, -0.2) is 0 Å². The number of aryl methyl sites for hydroxylation is 2. The summed E-state index contributed by atoms with van der Waals surface area (Å²) in [6, 6.07) is 15.0. The van der Waals surface area contributed by atoms with E-state index in [4.69, 9.17) is 4.52 Å². The molecule has 1 N–H and O–H groups in total. The molecule has 0 unspecified atom stereocenters. The van der Waals surface area contributed by atoms with E-state index in [9.17, 15) is 9.59 Å². The molecule has 1 aliphatic heterocycles. The molecule has 1 fully saturated rings. The molecule has 3 aromatic rings. The van der Waals surface area contributed by atoms with Crippen molar-refractivity contribution in [3.05, 3.63) is 60.0 Å². The summed E-state index contributed by atoms with van der Waals surface area (Å²) in [6.07, 6.45) is 0.184. The Kier molecular flexibility index (Phi) is 4.65. The summed E-state index contributed by atoms with van der Waals surface area (Å²) in [5.74, 6) is 0.326. The number of nitrogens with zero attached hydrogens (tertiary/aromatic N) is 3. The standard InChI is InChI=1S/C21H20N4O3/c1-13-5-3-7-17(9-13)23-21(27)16-11-19(26)25(12-16)18-8-4-6-15(10-18)20-22-14(2)28-24-20/h3-10,16H,11-12H2,1-2H3,(H,23,27)/t16-/m1/s1. The molecule has 7 nitrogen and oxygen atoms in total. The lowest BCUT2D eigenvalue weighted by Gasteiger charge is -2.17. The first-order chi connectivity index (χ1) is 13.5. The number of rotatable bonds is 4. The van der Waals surface area contributed by atoms with Crippen LogP contribution in [0.4, 0.5) is 11.4 Å². The molecule has 2 aromatic carbocycles. The molecular formula is C21H20N4O3. The van der Waals surface area contributed by atoms with Crippen molar-refractivity contribution < 1.29 is 14.1 Å². The van der Waals surface area contributed by atoms with Crippen LogP contribution in [0.1, 0.15) is 17.9 Å². The maximum atomic E-state index is 12.6. The van der Waals surface area contributed by atoms with Gasteiger partial charge in [0.25, 0.3) is 0 Å². The minimum Gasteiger partial charge on any atom is -0.339 e. The summed E-state index contributed by atoms with van der Waals surface area (Å²) in [5.41, 5.74) is 3.28. The predicted molar refractivity (Wildman–Crippen MR) is 105 cm³/mol. The maximum absolute atomic E-state index is 12.6. The number of hydrogen-bond acceptors (Lipinski definition) is 5. The van der Waals surface area contributed by atoms with Crippen molar-refractivity contribution >= 4 is 23.2 Å². The molecule has 7 heteroatoms. The second-order valence-electron chi connectivity index (χ2n) is 6.95. The fourth-order valence-corrected chi connectivity index (χ4v) is 3.33. The molecule has 0 radical (unpaired) electrons. The maximum Gasteiger partial charge on any atom is 0.229 e. The third kappa shape index (κ3) is 3.64. The van der Waals surface area contributed by atoms with E-state index in [2.05, 4.69) is 15.5 Å². The molecule has 1 aliphatic rings. The SMILES string of the molecule is Cc1cccc(NC(=O)[C@@H]2CC(=O)N(c3cccc(-c4noc(C)n4)c3)C2)c1. The third-order valence-electron chi connectivity index (χ3n) is 4.73. The van der Waals surface area contributed by atoms with Crippen LogP contribution in [0.2, 0.25) is 0 Å². The van der Waals surface area contributed by atoms with E-state index < -0.39 is 5.92 Å². The van der Waals surface area contributed by atoms with E-state index in [-0.39, 0.29) is 18.2 Å². The average molecular weight is 376 g/mol. The number of anilines is 2. The van der Waals surface area contributed by atoms with Crippen LogP contribution in [0.3, 0.4) is 0 Å². The fourth-order valence-electron chi connectivity index (χ4n) is 3.33. The molecular weight excluding hydrogens is 356 g/mol. The Morgan fingerprint density at radius 1 is 1.18 bits per heavy atom. The summed E-state index contributed by atoms with van der Waals surface area (Å²) >= 11 is 0. The number of benzene rings is 2. The fraction of sp³-hybridized carbons (Fsp3) is 0.238. The number of amides is 2. The van der Waals surface area contributed by atoms with Crippen LogP contribution in [0, 0.1) is 19.8 Å². The quantitative estimate of drug-likeness (QED) is 0.754. The number of carbonyl (C=O) groups excluding carboxylic acids is 2. The van der Waals surface area contributed by atoms with E-state index in [0.29, 0.717) is 18.3 Å². The lowest BCUT2D eigenvalue weighted by molar-refractivity contribution is -0.122. The second-order valence-corrected chi connectivity index (χ2v) is 6.95. The Balaban J connectivity index is 1.50. The van der Waals surface area contributed by atoms with Crippen molar-refractivity contribution in [3.63, 3.8) is 0 Å². The molecule has 1 aromatic heterocycles. The molecule has 0 aliphatic carbocycles. The van der Waals surface area contributed by atoms with Crippen LogP contribution in [0.15, 0.2) is 53.1 Å². The van der Waals surface area contributed by atoms with Gasteiger partial charge in [0.15, 0.2) is 0 Å². The summed E-state index contributed by atoms with van der Waals surface area (Å²) in [4.78, 5) is 31.0. The third-order valence-corrected chi connectivity index (χ3v) is 4.73. The van der Waals surface area contributed by atoms with E-state index in [1.807, 2.05) is 55.5 Å². The smallest absolute Gasteiger partial charge is 0.229 e. The van der Waals surface area contributed by atoms with Gasteiger partial charge in [-0.3, -0.25) is 9.59 Å². The van der Waals surface area contributed by atoms with Gasteiger partial charge < -0.3 is 14.7 Å². The van der Waals surface area contributed by atoms with Crippen molar-refractivity contribution in [2.45, 2.75) is 20.3 Å². The van der Waals surface area contributed by atoms with Crippen LogP contribution < -0.4 is 10.2 Å². The first kappa shape index (κ1) is 17.9. The Hall–Kier alpha value is -3.48. The summed E-state index contributed by atoms with van der Waals surface area (Å²) < 4.78 is 5.02. The van der Waals surface area contributed by atoms with Gasteiger partial charge in [0.1, 0.15) is 0 Å². The number of carbonyl (C=O) groups is 2. The van der Waals surface area contributed by atoms with Gasteiger partial charge in [-0.05, 0) is 36.8 Å². The topological polar surface area (TPSA) is 88.3 Å². The van der Waals surface area contributed by atoms with Gasteiger partial charge in [0, 0.05) is 36.8 Å². The first-order valence-corrected chi connectivity index (χ1v) is 9.08. The van der Waals surface area contributed by atoms with Gasteiger partial charge in [0.2, 0.25) is 23.5 Å². The largest absolute Gasteiger partial charge is 0.339 e. The minimum absolute atomic E-state index is 0.0779. The van der Waals surface area contributed by atoms with Gasteiger partial charge in [0.05, 0.1) is 5.92 Å². The normalized spacial score (nSPS) is 16.4. The number of nitrogens with one attached hydrogen (secondary N) is 1. The highest BCUT2D eigenvalue weighted by Gasteiger charge is 2.35.